The molecule has 1 heterocycles. The normalized spacial score (nSPS) is 16.9. The van der Waals surface area contributed by atoms with Crippen molar-refractivity contribution in [1.29, 1.82) is 0 Å². The van der Waals surface area contributed by atoms with E-state index in [9.17, 15) is 4.79 Å². The van der Waals surface area contributed by atoms with Gasteiger partial charge < -0.3 is 9.84 Å². The van der Waals surface area contributed by atoms with Crippen LogP contribution in [-0.4, -0.2) is 66.8 Å². The highest BCUT2D eigenvalue weighted by atomic mass is 35.5. The third-order valence-corrected chi connectivity index (χ3v) is 5.29. The Kier molecular flexibility index (Phi) is 8.25. The number of carboxylic acid groups (broad SMARTS) is 1. The van der Waals surface area contributed by atoms with Crippen LogP contribution in [0.1, 0.15) is 17.2 Å². The predicted molar refractivity (Wildman–Crippen MR) is 115 cm³/mol. The van der Waals surface area contributed by atoms with Gasteiger partial charge in [0.1, 0.15) is 6.61 Å². The Balaban J connectivity index is 1.57. The lowest BCUT2D eigenvalue weighted by atomic mass is 9.96. The van der Waals surface area contributed by atoms with Gasteiger partial charge in [0.05, 0.1) is 12.6 Å². The Morgan fingerprint density at radius 2 is 1.66 bits per heavy atom. The fourth-order valence-electron chi connectivity index (χ4n) is 3.60. The molecule has 0 aliphatic carbocycles. The van der Waals surface area contributed by atoms with E-state index in [1.165, 1.54) is 11.1 Å². The molecule has 6 heteroatoms. The number of benzene rings is 2. The van der Waals surface area contributed by atoms with Crippen LogP contribution in [0.4, 0.5) is 0 Å². The Bertz CT molecular complexity index is 788. The minimum absolute atomic E-state index is 0.218. The van der Waals surface area contributed by atoms with Crippen LogP contribution < -0.4 is 0 Å². The number of aliphatic carboxylic acids is 1. The molecule has 1 N–H and O–H groups in total. The van der Waals surface area contributed by atoms with E-state index in [1.54, 1.807) is 0 Å². The van der Waals surface area contributed by atoms with Crippen molar-refractivity contribution in [3.63, 3.8) is 0 Å². The van der Waals surface area contributed by atoms with Crippen molar-refractivity contribution >= 4 is 17.6 Å². The Morgan fingerprint density at radius 3 is 2.31 bits per heavy atom. The van der Waals surface area contributed by atoms with E-state index in [1.807, 2.05) is 30.4 Å². The van der Waals surface area contributed by atoms with Crippen molar-refractivity contribution in [3.05, 3.63) is 82.9 Å². The molecule has 154 valence electrons. The first-order chi connectivity index (χ1) is 14.1. The molecule has 0 spiro atoms. The van der Waals surface area contributed by atoms with Gasteiger partial charge in [0, 0.05) is 37.7 Å². The van der Waals surface area contributed by atoms with Gasteiger partial charge in [-0.25, -0.2) is 4.79 Å². The second kappa shape index (κ2) is 11.1. The fraction of sp³-hybridized carbons (Fsp3) is 0.348. The van der Waals surface area contributed by atoms with Crippen LogP contribution in [0.5, 0.6) is 0 Å². The van der Waals surface area contributed by atoms with Crippen LogP contribution in [0, 0.1) is 0 Å². The number of carbonyl (C=O) groups is 1. The van der Waals surface area contributed by atoms with Crippen LogP contribution in [0.15, 0.2) is 66.7 Å². The van der Waals surface area contributed by atoms with Crippen molar-refractivity contribution in [3.8, 4) is 0 Å². The van der Waals surface area contributed by atoms with Crippen molar-refractivity contribution in [1.82, 2.24) is 9.80 Å². The number of carboxylic acids is 1. The van der Waals surface area contributed by atoms with Crippen LogP contribution >= 0.6 is 11.6 Å². The maximum atomic E-state index is 10.4. The minimum atomic E-state index is -0.942. The van der Waals surface area contributed by atoms with E-state index in [0.29, 0.717) is 6.61 Å². The third kappa shape index (κ3) is 6.68. The molecule has 0 aromatic heterocycles. The first kappa shape index (κ1) is 21.5. The van der Waals surface area contributed by atoms with Crippen LogP contribution in [-0.2, 0) is 9.53 Å². The zero-order valence-corrected chi connectivity index (χ0v) is 17.2. The molecule has 0 saturated carbocycles. The number of hydrogen-bond donors (Lipinski definition) is 1. The standard InChI is InChI=1S/C23H27ClN2O3/c24-21-10-8-20(9-11-21)23(19-6-2-1-3-7-19)26-15-13-25(14-16-26)12-4-5-17-29-18-22(27)28/h1-11,23H,12-18H2,(H,27,28)/b5-4+/t23-/m1/s1. The van der Waals surface area contributed by atoms with Crippen LogP contribution in [0.2, 0.25) is 5.02 Å². The maximum absolute atomic E-state index is 10.4. The summed E-state index contributed by atoms with van der Waals surface area (Å²) in [6, 6.07) is 19.0. The average Bonchev–Trinajstić information content (AvgIpc) is 2.74. The molecule has 0 bridgehead atoms. The molecule has 29 heavy (non-hydrogen) atoms. The lowest BCUT2D eigenvalue weighted by Crippen LogP contribution is -2.47. The Morgan fingerprint density at radius 1 is 1.00 bits per heavy atom. The molecular formula is C23H27ClN2O3. The van der Waals surface area contributed by atoms with Gasteiger partial charge in [0.2, 0.25) is 0 Å². The monoisotopic (exact) mass is 414 g/mol. The highest BCUT2D eigenvalue weighted by Crippen LogP contribution is 2.30. The van der Waals surface area contributed by atoms with E-state index in [4.69, 9.17) is 21.4 Å². The summed E-state index contributed by atoms with van der Waals surface area (Å²) in [6.07, 6.45) is 3.93. The molecule has 5 nitrogen and oxygen atoms in total. The largest absolute Gasteiger partial charge is 0.480 e. The van der Waals surface area contributed by atoms with Crippen LogP contribution in [0.25, 0.3) is 0 Å². The van der Waals surface area contributed by atoms with E-state index in [2.05, 4.69) is 46.2 Å². The second-order valence-electron chi connectivity index (χ2n) is 7.08. The number of piperazine rings is 1. The summed E-state index contributed by atoms with van der Waals surface area (Å²) in [7, 11) is 0. The minimum Gasteiger partial charge on any atom is -0.480 e. The Hall–Kier alpha value is -2.18. The summed E-state index contributed by atoms with van der Waals surface area (Å²) >= 11 is 6.10. The molecular weight excluding hydrogens is 388 g/mol. The van der Waals surface area contributed by atoms with Gasteiger partial charge in [-0.05, 0) is 23.3 Å². The summed E-state index contributed by atoms with van der Waals surface area (Å²) in [5.41, 5.74) is 2.54. The van der Waals surface area contributed by atoms with E-state index >= 15 is 0 Å². The van der Waals surface area contributed by atoms with Gasteiger partial charge in [-0.1, -0.05) is 66.2 Å². The second-order valence-corrected chi connectivity index (χ2v) is 7.52. The zero-order valence-electron chi connectivity index (χ0n) is 16.4. The van der Waals surface area contributed by atoms with Crippen LogP contribution in [0.3, 0.4) is 0 Å². The molecule has 1 atom stereocenters. The van der Waals surface area contributed by atoms with Gasteiger partial charge in [0.25, 0.3) is 0 Å². The van der Waals surface area contributed by atoms with Crippen molar-refractivity contribution < 1.29 is 14.6 Å². The zero-order chi connectivity index (χ0) is 20.5. The van der Waals surface area contributed by atoms with Gasteiger partial charge in [-0.3, -0.25) is 9.80 Å². The summed E-state index contributed by atoms with van der Waals surface area (Å²) in [5.74, 6) is -0.942. The topological polar surface area (TPSA) is 53.0 Å². The van der Waals surface area contributed by atoms with Crippen molar-refractivity contribution in [2.45, 2.75) is 6.04 Å². The lowest BCUT2D eigenvalue weighted by molar-refractivity contribution is -0.141. The fourth-order valence-corrected chi connectivity index (χ4v) is 3.73. The summed E-state index contributed by atoms with van der Waals surface area (Å²) in [4.78, 5) is 15.3. The van der Waals surface area contributed by atoms with Gasteiger partial charge >= 0.3 is 5.97 Å². The summed E-state index contributed by atoms with van der Waals surface area (Å²) < 4.78 is 5.02. The highest BCUT2D eigenvalue weighted by Gasteiger charge is 2.25. The maximum Gasteiger partial charge on any atom is 0.329 e. The summed E-state index contributed by atoms with van der Waals surface area (Å²) in [6.45, 7) is 4.85. The van der Waals surface area contributed by atoms with Gasteiger partial charge in [-0.15, -0.1) is 0 Å². The molecule has 1 aliphatic rings. The molecule has 0 radical (unpaired) electrons. The van der Waals surface area contributed by atoms with E-state index in [0.717, 1.165) is 37.7 Å². The first-order valence-corrected chi connectivity index (χ1v) is 10.2. The SMILES string of the molecule is O=C(O)COC/C=C/CN1CCN([C@H](c2ccccc2)c2ccc(Cl)cc2)CC1. The van der Waals surface area contributed by atoms with Crippen molar-refractivity contribution in [2.24, 2.45) is 0 Å². The number of nitrogens with zero attached hydrogens (tertiary/aromatic N) is 2. The van der Waals surface area contributed by atoms with E-state index in [-0.39, 0.29) is 12.6 Å². The van der Waals surface area contributed by atoms with Gasteiger partial charge in [0.15, 0.2) is 0 Å². The number of rotatable bonds is 9. The van der Waals surface area contributed by atoms with Gasteiger partial charge in [-0.2, -0.15) is 0 Å². The van der Waals surface area contributed by atoms with E-state index < -0.39 is 5.97 Å². The third-order valence-electron chi connectivity index (χ3n) is 5.04. The molecule has 2 aromatic carbocycles. The Labute approximate surface area is 177 Å². The molecule has 0 unspecified atom stereocenters. The molecule has 1 fully saturated rings. The number of halogens is 1. The smallest absolute Gasteiger partial charge is 0.329 e. The number of hydrogen-bond acceptors (Lipinski definition) is 4. The highest BCUT2D eigenvalue weighted by molar-refractivity contribution is 6.30. The molecule has 2 aromatic rings. The predicted octanol–water partition coefficient (Wildman–Crippen LogP) is 3.70. The first-order valence-electron chi connectivity index (χ1n) is 9.85. The lowest BCUT2D eigenvalue weighted by Gasteiger charge is -2.39. The quantitative estimate of drug-likeness (QED) is 0.500. The molecule has 0 amide bonds. The molecule has 1 aliphatic heterocycles. The van der Waals surface area contributed by atoms with Crippen molar-refractivity contribution in [2.75, 3.05) is 45.9 Å². The summed E-state index contributed by atoms with van der Waals surface area (Å²) in [5, 5.41) is 9.31. The molecule has 3 rings (SSSR count). The number of ether oxygens (including phenoxy) is 1. The average molecular weight is 415 g/mol. The molecule has 1 saturated heterocycles.